The first-order chi connectivity index (χ1) is 12.5. The summed E-state index contributed by atoms with van der Waals surface area (Å²) in [5, 5.41) is 8.21. The second-order valence-electron chi connectivity index (χ2n) is 6.99. The number of hydrogen-bond acceptors (Lipinski definition) is 3. The molecule has 134 valence electrons. The van der Waals surface area contributed by atoms with Crippen LogP contribution in [0.4, 0.5) is 4.39 Å². The van der Waals surface area contributed by atoms with E-state index in [-0.39, 0.29) is 17.8 Å². The first kappa shape index (κ1) is 16.7. The molecule has 0 atom stereocenters. The number of pyridine rings is 1. The van der Waals surface area contributed by atoms with Crippen LogP contribution in [0.15, 0.2) is 30.5 Å². The third-order valence-corrected chi connectivity index (χ3v) is 4.85. The Bertz CT molecular complexity index is 976. The molecule has 2 aromatic heterocycles. The number of aryl methyl sites for hydroxylation is 1. The van der Waals surface area contributed by atoms with Crippen molar-refractivity contribution in [2.75, 3.05) is 0 Å². The molecule has 0 spiro atoms. The molecular weight excluding hydrogens is 331 g/mol. The van der Waals surface area contributed by atoms with Crippen molar-refractivity contribution in [2.24, 2.45) is 0 Å². The van der Waals surface area contributed by atoms with Crippen molar-refractivity contribution in [3.05, 3.63) is 58.7 Å². The molecule has 3 aromatic rings. The molecule has 1 aliphatic carbocycles. The molecule has 1 N–H and O–H groups in total. The maximum Gasteiger partial charge on any atom is 0.252 e. The van der Waals surface area contributed by atoms with Gasteiger partial charge in [0.1, 0.15) is 5.82 Å². The average Bonchev–Trinajstić information content (AvgIpc) is 3.25. The number of fused-ring (bicyclic) bond motifs is 2. The topological polar surface area (TPSA) is 59.8 Å². The largest absolute Gasteiger partial charge is 0.348 e. The summed E-state index contributed by atoms with van der Waals surface area (Å²) in [5.74, 6) is -0.405. The monoisotopic (exact) mass is 352 g/mol. The van der Waals surface area contributed by atoms with Crippen LogP contribution in [0.3, 0.4) is 0 Å². The van der Waals surface area contributed by atoms with Crippen molar-refractivity contribution in [1.29, 1.82) is 0 Å². The van der Waals surface area contributed by atoms with Crippen LogP contribution in [0.5, 0.6) is 0 Å². The average molecular weight is 352 g/mol. The summed E-state index contributed by atoms with van der Waals surface area (Å²) in [6.07, 6.45) is 4.52. The molecule has 0 bridgehead atoms. The van der Waals surface area contributed by atoms with Crippen LogP contribution in [-0.4, -0.2) is 20.7 Å². The number of nitrogens with zero attached hydrogens (tertiary/aromatic N) is 3. The van der Waals surface area contributed by atoms with Crippen molar-refractivity contribution in [3.63, 3.8) is 0 Å². The molecule has 1 aromatic carbocycles. The van der Waals surface area contributed by atoms with E-state index in [1.807, 2.05) is 4.68 Å². The van der Waals surface area contributed by atoms with Gasteiger partial charge < -0.3 is 5.32 Å². The highest BCUT2D eigenvalue weighted by atomic mass is 19.1. The fraction of sp³-hybridized carbons (Fsp3) is 0.350. The fourth-order valence-corrected chi connectivity index (χ4v) is 3.56. The Kier molecular flexibility index (Phi) is 4.18. The minimum atomic E-state index is -0.283. The van der Waals surface area contributed by atoms with E-state index in [9.17, 15) is 9.18 Å². The predicted octanol–water partition coefficient (Wildman–Crippen LogP) is 3.57. The van der Waals surface area contributed by atoms with Gasteiger partial charge in [0.25, 0.3) is 5.91 Å². The van der Waals surface area contributed by atoms with E-state index < -0.39 is 0 Å². The second-order valence-corrected chi connectivity index (χ2v) is 6.99. The molecule has 0 fully saturated rings. The third kappa shape index (κ3) is 2.85. The molecule has 0 saturated heterocycles. The summed E-state index contributed by atoms with van der Waals surface area (Å²) >= 11 is 0. The van der Waals surface area contributed by atoms with Crippen molar-refractivity contribution < 1.29 is 9.18 Å². The van der Waals surface area contributed by atoms with Crippen LogP contribution in [0.1, 0.15) is 53.5 Å². The van der Waals surface area contributed by atoms with Crippen molar-refractivity contribution >= 4 is 16.9 Å². The lowest BCUT2D eigenvalue weighted by molar-refractivity contribution is 0.0951. The lowest BCUT2D eigenvalue weighted by Gasteiger charge is -2.12. The number of rotatable bonds is 4. The van der Waals surface area contributed by atoms with Gasteiger partial charge in [-0.05, 0) is 56.4 Å². The van der Waals surface area contributed by atoms with Crippen molar-refractivity contribution in [2.45, 2.75) is 45.7 Å². The quantitative estimate of drug-likeness (QED) is 0.781. The van der Waals surface area contributed by atoms with E-state index >= 15 is 0 Å². The number of halogens is 1. The number of carbonyl (C=O) groups excluding carboxylic acids is 1. The molecule has 2 heterocycles. The molecule has 1 amide bonds. The Morgan fingerprint density at radius 1 is 1.27 bits per heavy atom. The zero-order valence-corrected chi connectivity index (χ0v) is 14.9. The first-order valence-electron chi connectivity index (χ1n) is 8.96. The SMILES string of the molecule is CC(C)n1ncc2c(C(=O)NCc3ccc(F)cc3)c3c(nc21)CCC3. The van der Waals surface area contributed by atoms with E-state index in [0.717, 1.165) is 47.1 Å². The number of benzene rings is 1. The number of amides is 1. The Hall–Kier alpha value is -2.76. The van der Waals surface area contributed by atoms with Crippen LogP contribution in [0.2, 0.25) is 0 Å². The van der Waals surface area contributed by atoms with Crippen LogP contribution in [-0.2, 0) is 19.4 Å². The molecule has 0 radical (unpaired) electrons. The van der Waals surface area contributed by atoms with Crippen LogP contribution in [0.25, 0.3) is 11.0 Å². The van der Waals surface area contributed by atoms with Gasteiger partial charge in [0, 0.05) is 18.3 Å². The van der Waals surface area contributed by atoms with E-state index in [0.29, 0.717) is 12.1 Å². The van der Waals surface area contributed by atoms with Gasteiger partial charge in [0.15, 0.2) is 5.65 Å². The lowest BCUT2D eigenvalue weighted by Crippen LogP contribution is -2.24. The molecule has 6 heteroatoms. The highest BCUT2D eigenvalue weighted by Crippen LogP contribution is 2.30. The van der Waals surface area contributed by atoms with Gasteiger partial charge in [-0.25, -0.2) is 14.1 Å². The molecule has 4 rings (SSSR count). The summed E-state index contributed by atoms with van der Waals surface area (Å²) < 4.78 is 14.9. The molecule has 0 aliphatic heterocycles. The number of hydrogen-bond donors (Lipinski definition) is 1. The van der Waals surface area contributed by atoms with E-state index in [2.05, 4.69) is 24.3 Å². The molecule has 0 saturated carbocycles. The van der Waals surface area contributed by atoms with Crippen LogP contribution >= 0.6 is 0 Å². The summed E-state index contributed by atoms with van der Waals surface area (Å²) in [6, 6.07) is 6.33. The number of carbonyl (C=O) groups is 1. The highest BCUT2D eigenvalue weighted by molar-refractivity contribution is 6.07. The normalized spacial score (nSPS) is 13.4. The second kappa shape index (κ2) is 6.52. The Morgan fingerprint density at radius 3 is 2.77 bits per heavy atom. The summed E-state index contributed by atoms with van der Waals surface area (Å²) in [5.41, 5.74) is 4.37. The van der Waals surface area contributed by atoms with Gasteiger partial charge in [-0.2, -0.15) is 5.10 Å². The van der Waals surface area contributed by atoms with Crippen LogP contribution < -0.4 is 5.32 Å². The standard InChI is InChI=1S/C20H21FN4O/c1-12(2)25-19-16(11-23-25)18(15-4-3-5-17(15)24-19)20(26)22-10-13-6-8-14(21)9-7-13/h6-9,11-12H,3-5,10H2,1-2H3,(H,22,26). The number of nitrogens with one attached hydrogen (secondary N) is 1. The van der Waals surface area contributed by atoms with Gasteiger partial charge in [0.05, 0.1) is 17.1 Å². The summed E-state index contributed by atoms with van der Waals surface area (Å²) in [4.78, 5) is 17.8. The fourth-order valence-electron chi connectivity index (χ4n) is 3.56. The highest BCUT2D eigenvalue weighted by Gasteiger charge is 2.26. The minimum Gasteiger partial charge on any atom is -0.348 e. The van der Waals surface area contributed by atoms with Gasteiger partial charge in [-0.3, -0.25) is 4.79 Å². The van der Waals surface area contributed by atoms with Gasteiger partial charge in [-0.15, -0.1) is 0 Å². The molecule has 0 unspecified atom stereocenters. The van der Waals surface area contributed by atoms with Crippen molar-refractivity contribution in [3.8, 4) is 0 Å². The summed E-state index contributed by atoms with van der Waals surface area (Å²) in [6.45, 7) is 4.46. The molecule has 5 nitrogen and oxygen atoms in total. The number of aromatic nitrogens is 3. The van der Waals surface area contributed by atoms with E-state index in [1.54, 1.807) is 18.3 Å². The van der Waals surface area contributed by atoms with E-state index in [1.165, 1.54) is 12.1 Å². The summed E-state index contributed by atoms with van der Waals surface area (Å²) in [7, 11) is 0. The minimum absolute atomic E-state index is 0.122. The first-order valence-corrected chi connectivity index (χ1v) is 8.96. The van der Waals surface area contributed by atoms with Crippen LogP contribution in [0, 0.1) is 5.82 Å². The predicted molar refractivity (Wildman–Crippen MR) is 97.5 cm³/mol. The zero-order valence-electron chi connectivity index (χ0n) is 14.9. The Labute approximate surface area is 151 Å². The maximum absolute atomic E-state index is 13.0. The van der Waals surface area contributed by atoms with Gasteiger partial charge in [0.2, 0.25) is 0 Å². The van der Waals surface area contributed by atoms with Crippen molar-refractivity contribution in [1.82, 2.24) is 20.1 Å². The molecule has 26 heavy (non-hydrogen) atoms. The van der Waals surface area contributed by atoms with Gasteiger partial charge in [-0.1, -0.05) is 12.1 Å². The molecular formula is C20H21FN4O. The smallest absolute Gasteiger partial charge is 0.252 e. The van der Waals surface area contributed by atoms with Gasteiger partial charge >= 0.3 is 0 Å². The Balaban J connectivity index is 1.70. The lowest BCUT2D eigenvalue weighted by atomic mass is 10.0. The molecule has 1 aliphatic rings. The Morgan fingerprint density at radius 2 is 2.04 bits per heavy atom. The third-order valence-electron chi connectivity index (χ3n) is 4.85. The van der Waals surface area contributed by atoms with E-state index in [4.69, 9.17) is 4.98 Å². The maximum atomic E-state index is 13.0. The zero-order chi connectivity index (χ0) is 18.3.